The average Bonchev–Trinajstić information content (AvgIpc) is 2.63. The van der Waals surface area contributed by atoms with E-state index in [4.69, 9.17) is 14.2 Å². The SMILES string of the molecule is CCOC(=O)C(C)[S+](c1ccc(OC)cc1)c1ccc(OC)cc1. The van der Waals surface area contributed by atoms with E-state index in [1.807, 2.05) is 62.4 Å². The van der Waals surface area contributed by atoms with Crippen LogP contribution in [0.5, 0.6) is 11.5 Å². The minimum absolute atomic E-state index is 0.188. The van der Waals surface area contributed by atoms with Gasteiger partial charge in [-0.25, -0.2) is 4.79 Å². The minimum atomic E-state index is -0.434. The fourth-order valence-corrected chi connectivity index (χ4v) is 4.55. The van der Waals surface area contributed by atoms with Crippen molar-refractivity contribution >= 4 is 16.9 Å². The van der Waals surface area contributed by atoms with Gasteiger partial charge in [0.15, 0.2) is 9.79 Å². The highest BCUT2D eigenvalue weighted by atomic mass is 32.2. The van der Waals surface area contributed by atoms with Gasteiger partial charge in [0.25, 0.3) is 0 Å². The molecule has 5 heteroatoms. The first kappa shape index (κ1) is 18.2. The van der Waals surface area contributed by atoms with E-state index in [1.165, 1.54) is 0 Å². The first-order chi connectivity index (χ1) is 11.6. The fraction of sp³-hybridized carbons (Fsp3) is 0.316. The van der Waals surface area contributed by atoms with Crippen LogP contribution in [0.1, 0.15) is 13.8 Å². The summed E-state index contributed by atoms with van der Waals surface area (Å²) in [6, 6.07) is 15.7. The van der Waals surface area contributed by atoms with Crippen LogP contribution in [0.4, 0.5) is 0 Å². The fourth-order valence-electron chi connectivity index (χ4n) is 2.34. The second-order valence-corrected chi connectivity index (χ2v) is 7.41. The van der Waals surface area contributed by atoms with E-state index in [1.54, 1.807) is 14.2 Å². The molecule has 24 heavy (non-hydrogen) atoms. The summed E-state index contributed by atoms with van der Waals surface area (Å²) in [5, 5.41) is -0.272. The third-order valence-corrected chi connectivity index (χ3v) is 6.06. The molecule has 0 aliphatic heterocycles. The van der Waals surface area contributed by atoms with Crippen molar-refractivity contribution in [1.29, 1.82) is 0 Å². The summed E-state index contributed by atoms with van der Waals surface area (Å²) in [4.78, 5) is 14.5. The smallest absolute Gasteiger partial charge is 0.360 e. The highest BCUT2D eigenvalue weighted by Gasteiger charge is 2.38. The number of methoxy groups -OCH3 is 2. The van der Waals surface area contributed by atoms with Gasteiger partial charge in [-0.2, -0.15) is 0 Å². The molecule has 0 saturated carbocycles. The van der Waals surface area contributed by atoms with Crippen LogP contribution in [0.25, 0.3) is 0 Å². The molecular weight excluding hydrogens is 324 g/mol. The average molecular weight is 347 g/mol. The van der Waals surface area contributed by atoms with Crippen molar-refractivity contribution in [3.05, 3.63) is 48.5 Å². The van der Waals surface area contributed by atoms with Crippen molar-refractivity contribution in [3.8, 4) is 11.5 Å². The minimum Gasteiger partial charge on any atom is -0.497 e. The maximum atomic E-state index is 12.3. The molecule has 0 aromatic heterocycles. The quantitative estimate of drug-likeness (QED) is 0.566. The molecule has 0 fully saturated rings. The molecular formula is C19H23O4S+. The van der Waals surface area contributed by atoms with E-state index in [9.17, 15) is 4.79 Å². The summed E-state index contributed by atoms with van der Waals surface area (Å²) in [5.74, 6) is 1.40. The number of carbonyl (C=O) groups is 1. The molecule has 0 bridgehead atoms. The van der Waals surface area contributed by atoms with Crippen molar-refractivity contribution in [1.82, 2.24) is 0 Å². The lowest BCUT2D eigenvalue weighted by molar-refractivity contribution is -0.142. The van der Waals surface area contributed by atoms with Gasteiger partial charge in [-0.3, -0.25) is 0 Å². The predicted octanol–water partition coefficient (Wildman–Crippen LogP) is 3.69. The third-order valence-electron chi connectivity index (χ3n) is 3.60. The van der Waals surface area contributed by atoms with Crippen molar-refractivity contribution in [2.45, 2.75) is 28.9 Å². The monoisotopic (exact) mass is 347 g/mol. The van der Waals surface area contributed by atoms with Crippen LogP contribution >= 0.6 is 0 Å². The van der Waals surface area contributed by atoms with E-state index >= 15 is 0 Å². The zero-order chi connectivity index (χ0) is 17.5. The summed E-state index contributed by atoms with van der Waals surface area (Å²) in [6.45, 7) is 4.12. The van der Waals surface area contributed by atoms with Gasteiger partial charge in [-0.1, -0.05) is 0 Å². The number of carbonyl (C=O) groups excluding carboxylic acids is 1. The molecule has 0 amide bonds. The molecule has 2 aromatic carbocycles. The molecule has 0 radical (unpaired) electrons. The van der Waals surface area contributed by atoms with Gasteiger partial charge in [-0.15, -0.1) is 0 Å². The van der Waals surface area contributed by atoms with Crippen LogP contribution in [-0.2, 0) is 20.4 Å². The van der Waals surface area contributed by atoms with E-state index in [-0.39, 0.29) is 11.2 Å². The summed E-state index contributed by atoms with van der Waals surface area (Å²) in [7, 11) is 2.84. The van der Waals surface area contributed by atoms with Crippen molar-refractivity contribution in [2.75, 3.05) is 20.8 Å². The van der Waals surface area contributed by atoms with E-state index in [0.717, 1.165) is 21.3 Å². The Morgan fingerprint density at radius 1 is 0.917 bits per heavy atom. The summed E-state index contributed by atoms with van der Waals surface area (Å²) in [6.07, 6.45) is 0. The lowest BCUT2D eigenvalue weighted by atomic mass is 10.3. The van der Waals surface area contributed by atoms with Gasteiger partial charge in [0.05, 0.1) is 31.7 Å². The number of hydrogen-bond donors (Lipinski definition) is 0. The molecule has 2 rings (SSSR count). The maximum Gasteiger partial charge on any atom is 0.360 e. The standard InChI is InChI=1S/C19H23O4S/c1-5-23-19(20)14(2)24(17-10-6-15(21-3)7-11-17)18-12-8-16(22-4)9-13-18/h6-14H,5H2,1-4H3/q+1. The van der Waals surface area contributed by atoms with Crippen molar-refractivity contribution < 1.29 is 19.0 Å². The largest absolute Gasteiger partial charge is 0.497 e. The second kappa shape index (κ2) is 8.64. The molecule has 0 aliphatic rings. The van der Waals surface area contributed by atoms with E-state index < -0.39 is 10.9 Å². The molecule has 0 heterocycles. The van der Waals surface area contributed by atoms with Crippen molar-refractivity contribution in [3.63, 3.8) is 0 Å². The molecule has 0 aliphatic carbocycles. The lowest BCUT2D eigenvalue weighted by Crippen LogP contribution is -2.29. The molecule has 128 valence electrons. The highest BCUT2D eigenvalue weighted by Crippen LogP contribution is 2.30. The van der Waals surface area contributed by atoms with Crippen molar-refractivity contribution in [2.24, 2.45) is 0 Å². The molecule has 0 N–H and O–H groups in total. The van der Waals surface area contributed by atoms with Crippen LogP contribution < -0.4 is 9.47 Å². The van der Waals surface area contributed by atoms with E-state index in [2.05, 4.69) is 0 Å². The van der Waals surface area contributed by atoms with Gasteiger partial charge in [-0.05, 0) is 62.4 Å². The lowest BCUT2D eigenvalue weighted by Gasteiger charge is -2.15. The van der Waals surface area contributed by atoms with Crippen LogP contribution in [0.3, 0.4) is 0 Å². The van der Waals surface area contributed by atoms with Gasteiger partial charge in [0.2, 0.25) is 5.25 Å². The van der Waals surface area contributed by atoms with Gasteiger partial charge in [0, 0.05) is 0 Å². The Morgan fingerprint density at radius 2 is 1.33 bits per heavy atom. The summed E-state index contributed by atoms with van der Waals surface area (Å²) >= 11 is 0. The number of benzene rings is 2. The van der Waals surface area contributed by atoms with Crippen LogP contribution in [0.2, 0.25) is 0 Å². The number of hydrogen-bond acceptors (Lipinski definition) is 4. The summed E-state index contributed by atoms with van der Waals surface area (Å²) < 4.78 is 15.7. The number of rotatable bonds is 7. The molecule has 1 unspecified atom stereocenters. The second-order valence-electron chi connectivity index (χ2n) is 5.08. The molecule has 0 spiro atoms. The van der Waals surface area contributed by atoms with Crippen LogP contribution in [0, 0.1) is 0 Å². The number of esters is 1. The highest BCUT2D eigenvalue weighted by molar-refractivity contribution is 7.98. The Kier molecular flexibility index (Phi) is 6.55. The number of ether oxygens (including phenoxy) is 3. The zero-order valence-corrected chi connectivity index (χ0v) is 15.3. The van der Waals surface area contributed by atoms with Crippen LogP contribution in [0.15, 0.2) is 58.3 Å². The van der Waals surface area contributed by atoms with E-state index in [0.29, 0.717) is 6.61 Å². The predicted molar refractivity (Wildman–Crippen MR) is 96.0 cm³/mol. The Bertz CT molecular complexity index is 605. The summed E-state index contributed by atoms with van der Waals surface area (Å²) in [5.41, 5.74) is 0. The Hall–Kier alpha value is -2.14. The van der Waals surface area contributed by atoms with Gasteiger partial charge in [0.1, 0.15) is 11.5 Å². The Morgan fingerprint density at radius 3 is 1.67 bits per heavy atom. The molecule has 4 nitrogen and oxygen atoms in total. The first-order valence-electron chi connectivity index (χ1n) is 7.78. The maximum absolute atomic E-state index is 12.3. The molecule has 2 aromatic rings. The molecule has 0 saturated heterocycles. The Labute approximate surface area is 146 Å². The van der Waals surface area contributed by atoms with Crippen LogP contribution in [-0.4, -0.2) is 32.0 Å². The zero-order valence-electron chi connectivity index (χ0n) is 14.4. The topological polar surface area (TPSA) is 44.8 Å². The normalized spacial score (nSPS) is 11.9. The van der Waals surface area contributed by atoms with Gasteiger partial charge >= 0.3 is 5.97 Å². The van der Waals surface area contributed by atoms with Gasteiger partial charge < -0.3 is 14.2 Å². The first-order valence-corrected chi connectivity index (χ1v) is 9.07. The Balaban J connectivity index is 2.40. The molecule has 1 atom stereocenters. The third kappa shape index (κ3) is 4.23.